The first kappa shape index (κ1) is 17.7. The van der Waals surface area contributed by atoms with E-state index in [4.69, 9.17) is 4.74 Å². The molecule has 0 unspecified atom stereocenters. The van der Waals surface area contributed by atoms with Gasteiger partial charge in [0.25, 0.3) is 5.91 Å². The number of hydrogen-bond donors (Lipinski definition) is 1. The van der Waals surface area contributed by atoms with E-state index in [-0.39, 0.29) is 5.52 Å². The molecule has 7 nitrogen and oxygen atoms in total. The Morgan fingerprint density at radius 2 is 1.96 bits per heavy atom. The van der Waals surface area contributed by atoms with E-state index in [0.29, 0.717) is 0 Å². The van der Waals surface area contributed by atoms with E-state index in [9.17, 15) is 22.8 Å². The highest BCUT2D eigenvalue weighted by atomic mass is 19.4. The first-order valence-electron chi connectivity index (χ1n) is 6.88. The summed E-state index contributed by atoms with van der Waals surface area (Å²) in [5.74, 6) is -2.89. The number of fused-ring (bicyclic) bond motifs is 1. The SMILES string of the molecule is CC(C)(C)OC(=O)CNC(=O)c1nc(C(F)(F)F)n2ccncc12. The summed E-state index contributed by atoms with van der Waals surface area (Å²) in [6, 6.07) is 0. The number of esters is 1. The summed E-state index contributed by atoms with van der Waals surface area (Å²) in [5.41, 5.74) is -1.33. The van der Waals surface area contributed by atoms with E-state index >= 15 is 0 Å². The standard InChI is InChI=1S/C14H15F3N4O3/c1-13(2,3)24-9(22)7-19-11(23)10-8-6-18-4-5-21(8)12(20-10)14(15,16)17/h4-6H,7H2,1-3H3,(H,19,23). The predicted octanol–water partition coefficient (Wildman–Crippen LogP) is 1.82. The number of halogens is 3. The van der Waals surface area contributed by atoms with E-state index in [2.05, 4.69) is 15.3 Å². The first-order chi connectivity index (χ1) is 11.0. The lowest BCUT2D eigenvalue weighted by molar-refractivity contribution is -0.153. The highest BCUT2D eigenvalue weighted by molar-refractivity contribution is 6.00. The Kier molecular flexibility index (Phi) is 4.50. The molecular weight excluding hydrogens is 329 g/mol. The van der Waals surface area contributed by atoms with Gasteiger partial charge in [-0.3, -0.25) is 19.0 Å². The summed E-state index contributed by atoms with van der Waals surface area (Å²) >= 11 is 0. The minimum atomic E-state index is -4.74. The van der Waals surface area contributed by atoms with Gasteiger partial charge in [-0.2, -0.15) is 13.2 Å². The Hall–Kier alpha value is -2.65. The van der Waals surface area contributed by atoms with Crippen LogP contribution in [0.3, 0.4) is 0 Å². The van der Waals surface area contributed by atoms with E-state index in [1.807, 2.05) is 0 Å². The van der Waals surface area contributed by atoms with E-state index < -0.39 is 41.7 Å². The number of aromatic nitrogens is 3. The summed E-state index contributed by atoms with van der Waals surface area (Å²) in [4.78, 5) is 30.7. The number of hydrogen-bond acceptors (Lipinski definition) is 5. The van der Waals surface area contributed by atoms with Crippen molar-refractivity contribution in [2.45, 2.75) is 32.5 Å². The van der Waals surface area contributed by atoms with Gasteiger partial charge in [-0.15, -0.1) is 0 Å². The lowest BCUT2D eigenvalue weighted by atomic mass is 10.2. The molecule has 0 aromatic carbocycles. The molecule has 2 heterocycles. The van der Waals surface area contributed by atoms with Crippen LogP contribution in [0.1, 0.15) is 37.1 Å². The lowest BCUT2D eigenvalue weighted by Gasteiger charge is -2.19. The number of amides is 1. The summed E-state index contributed by atoms with van der Waals surface area (Å²) in [6.07, 6.45) is -1.46. The molecular formula is C14H15F3N4O3. The van der Waals surface area contributed by atoms with Crippen LogP contribution in [0.5, 0.6) is 0 Å². The van der Waals surface area contributed by atoms with Crippen LogP contribution in [0.2, 0.25) is 0 Å². The average molecular weight is 344 g/mol. The van der Waals surface area contributed by atoms with Gasteiger partial charge in [-0.1, -0.05) is 0 Å². The number of imidazole rings is 1. The molecule has 0 atom stereocenters. The summed E-state index contributed by atoms with van der Waals surface area (Å²) in [5, 5.41) is 2.19. The molecule has 0 saturated carbocycles. The highest BCUT2D eigenvalue weighted by Gasteiger charge is 2.38. The summed E-state index contributed by atoms with van der Waals surface area (Å²) in [6.45, 7) is 4.46. The maximum Gasteiger partial charge on any atom is 0.450 e. The van der Waals surface area contributed by atoms with Crippen molar-refractivity contribution in [1.29, 1.82) is 0 Å². The lowest BCUT2D eigenvalue weighted by Crippen LogP contribution is -2.34. The average Bonchev–Trinajstić information content (AvgIpc) is 2.82. The van der Waals surface area contributed by atoms with Gasteiger partial charge in [0.15, 0.2) is 5.69 Å². The van der Waals surface area contributed by atoms with Crippen molar-refractivity contribution in [3.8, 4) is 0 Å². The molecule has 0 fully saturated rings. The van der Waals surface area contributed by atoms with Crippen LogP contribution in [0.25, 0.3) is 5.52 Å². The van der Waals surface area contributed by atoms with Crippen molar-refractivity contribution in [3.05, 3.63) is 30.1 Å². The first-order valence-corrected chi connectivity index (χ1v) is 6.88. The fraction of sp³-hybridized carbons (Fsp3) is 0.429. The Morgan fingerprint density at radius 3 is 2.54 bits per heavy atom. The molecule has 0 aliphatic rings. The Labute approximate surface area is 134 Å². The van der Waals surface area contributed by atoms with Gasteiger partial charge >= 0.3 is 12.1 Å². The number of ether oxygens (including phenoxy) is 1. The molecule has 0 bridgehead atoms. The molecule has 0 radical (unpaired) electrons. The minimum Gasteiger partial charge on any atom is -0.459 e. The van der Waals surface area contributed by atoms with Crippen LogP contribution in [0.4, 0.5) is 13.2 Å². The third-order valence-corrected chi connectivity index (χ3v) is 2.73. The van der Waals surface area contributed by atoms with Crippen molar-refractivity contribution >= 4 is 17.4 Å². The molecule has 0 saturated heterocycles. The Balaban J connectivity index is 2.23. The highest BCUT2D eigenvalue weighted by Crippen LogP contribution is 2.29. The zero-order valence-corrected chi connectivity index (χ0v) is 13.1. The van der Waals surface area contributed by atoms with Gasteiger partial charge in [0, 0.05) is 12.4 Å². The van der Waals surface area contributed by atoms with Gasteiger partial charge in [0.2, 0.25) is 5.82 Å². The van der Waals surface area contributed by atoms with Crippen molar-refractivity contribution < 1.29 is 27.5 Å². The summed E-state index contributed by atoms with van der Waals surface area (Å²) < 4.78 is 44.7. The zero-order valence-electron chi connectivity index (χ0n) is 13.1. The second kappa shape index (κ2) is 6.10. The Morgan fingerprint density at radius 1 is 1.29 bits per heavy atom. The monoisotopic (exact) mass is 344 g/mol. The van der Waals surface area contributed by atoms with E-state index in [1.165, 1.54) is 0 Å². The summed E-state index contributed by atoms with van der Waals surface area (Å²) in [7, 11) is 0. The van der Waals surface area contributed by atoms with Gasteiger partial charge in [0.05, 0.1) is 11.7 Å². The molecule has 2 rings (SSSR count). The second-order valence-electron chi connectivity index (χ2n) is 5.88. The Bertz CT molecular complexity index is 778. The molecule has 10 heteroatoms. The molecule has 2 aromatic rings. The van der Waals surface area contributed by atoms with Crippen LogP contribution in [-0.2, 0) is 15.7 Å². The molecule has 0 aliphatic carbocycles. The maximum atomic E-state index is 13.0. The van der Waals surface area contributed by atoms with Gasteiger partial charge in [-0.25, -0.2) is 4.98 Å². The minimum absolute atomic E-state index is 0.119. The topological polar surface area (TPSA) is 85.6 Å². The number of alkyl halides is 3. The number of nitrogens with zero attached hydrogens (tertiary/aromatic N) is 3. The fourth-order valence-electron chi connectivity index (χ4n) is 1.92. The molecule has 24 heavy (non-hydrogen) atoms. The number of rotatable bonds is 3. The third-order valence-electron chi connectivity index (χ3n) is 2.73. The van der Waals surface area contributed by atoms with Gasteiger partial charge in [0.1, 0.15) is 12.1 Å². The predicted molar refractivity (Wildman–Crippen MR) is 76.2 cm³/mol. The normalized spacial score (nSPS) is 12.2. The number of nitrogens with one attached hydrogen (secondary N) is 1. The third kappa shape index (κ3) is 4.00. The van der Waals surface area contributed by atoms with E-state index in [1.54, 1.807) is 20.8 Å². The second-order valence-corrected chi connectivity index (χ2v) is 5.88. The molecule has 130 valence electrons. The van der Waals surface area contributed by atoms with Crippen LogP contribution in [0, 0.1) is 0 Å². The largest absolute Gasteiger partial charge is 0.459 e. The van der Waals surface area contributed by atoms with Crippen molar-refractivity contribution in [3.63, 3.8) is 0 Å². The van der Waals surface area contributed by atoms with Crippen molar-refractivity contribution in [2.75, 3.05) is 6.54 Å². The van der Waals surface area contributed by atoms with Crippen LogP contribution in [-0.4, -0.2) is 38.4 Å². The smallest absolute Gasteiger partial charge is 0.450 e. The van der Waals surface area contributed by atoms with Crippen LogP contribution in [0.15, 0.2) is 18.6 Å². The number of carbonyl (C=O) groups is 2. The van der Waals surface area contributed by atoms with Gasteiger partial charge < -0.3 is 10.1 Å². The molecule has 0 aliphatic heterocycles. The molecule has 1 N–H and O–H groups in total. The molecule has 0 spiro atoms. The zero-order chi connectivity index (χ0) is 18.1. The van der Waals surface area contributed by atoms with Crippen molar-refractivity contribution in [2.24, 2.45) is 0 Å². The van der Waals surface area contributed by atoms with E-state index in [0.717, 1.165) is 23.0 Å². The molecule has 1 amide bonds. The van der Waals surface area contributed by atoms with Crippen LogP contribution >= 0.6 is 0 Å². The van der Waals surface area contributed by atoms with Crippen molar-refractivity contribution in [1.82, 2.24) is 19.7 Å². The maximum absolute atomic E-state index is 13.0. The molecule has 2 aromatic heterocycles. The number of carbonyl (C=O) groups excluding carboxylic acids is 2. The fourth-order valence-corrected chi connectivity index (χ4v) is 1.92. The quantitative estimate of drug-likeness (QED) is 0.859. The van der Waals surface area contributed by atoms with Crippen LogP contribution < -0.4 is 5.32 Å². The van der Waals surface area contributed by atoms with Gasteiger partial charge in [-0.05, 0) is 20.8 Å².